The summed E-state index contributed by atoms with van der Waals surface area (Å²) in [6.07, 6.45) is 0.870. The van der Waals surface area contributed by atoms with E-state index < -0.39 is 29.3 Å². The van der Waals surface area contributed by atoms with Crippen molar-refractivity contribution in [2.45, 2.75) is 12.8 Å². The molecular formula is C21H20ClN3O6. The molecule has 2 aromatic rings. The molecule has 9 nitrogen and oxygen atoms in total. The van der Waals surface area contributed by atoms with E-state index in [-0.39, 0.29) is 17.3 Å². The first-order chi connectivity index (χ1) is 14.8. The number of benzene rings is 2. The normalized spacial score (nSPS) is 14.0. The molecule has 1 saturated heterocycles. The van der Waals surface area contributed by atoms with Gasteiger partial charge in [0.2, 0.25) is 0 Å². The van der Waals surface area contributed by atoms with Crippen molar-refractivity contribution < 1.29 is 24.0 Å². The monoisotopic (exact) mass is 445 g/mol. The topological polar surface area (TPSA) is 119 Å². The number of anilines is 1. The fourth-order valence-electron chi connectivity index (χ4n) is 3.24. The molecule has 1 aliphatic heterocycles. The number of nitro benzene ring substituents is 1. The predicted molar refractivity (Wildman–Crippen MR) is 113 cm³/mol. The van der Waals surface area contributed by atoms with Crippen molar-refractivity contribution in [3.8, 4) is 0 Å². The Hall–Kier alpha value is -3.46. The van der Waals surface area contributed by atoms with Crippen LogP contribution in [0, 0.1) is 16.0 Å². The van der Waals surface area contributed by atoms with Gasteiger partial charge in [0, 0.05) is 41.5 Å². The number of likely N-dealkylation sites (tertiary alicyclic amines) is 1. The van der Waals surface area contributed by atoms with E-state index in [0.717, 1.165) is 0 Å². The molecule has 0 aromatic heterocycles. The third kappa shape index (κ3) is 6.02. The SMILES string of the molecule is O=C(COC(=O)C1CCN(C(=O)c2ccc(Cl)cc2)CC1)Nc1cccc([N+](=O)[O-])c1. The molecule has 0 saturated carbocycles. The minimum Gasteiger partial charge on any atom is -0.455 e. The highest BCUT2D eigenvalue weighted by molar-refractivity contribution is 6.30. The van der Waals surface area contributed by atoms with Gasteiger partial charge < -0.3 is 15.0 Å². The van der Waals surface area contributed by atoms with Gasteiger partial charge in [0.25, 0.3) is 17.5 Å². The van der Waals surface area contributed by atoms with E-state index in [9.17, 15) is 24.5 Å². The van der Waals surface area contributed by atoms with Gasteiger partial charge in [0.15, 0.2) is 6.61 Å². The summed E-state index contributed by atoms with van der Waals surface area (Å²) in [5.74, 6) is -1.63. The van der Waals surface area contributed by atoms with Crippen molar-refractivity contribution in [1.29, 1.82) is 0 Å². The van der Waals surface area contributed by atoms with E-state index in [1.54, 1.807) is 29.2 Å². The summed E-state index contributed by atoms with van der Waals surface area (Å²) in [6, 6.07) is 12.1. The van der Waals surface area contributed by atoms with Gasteiger partial charge in [-0.25, -0.2) is 0 Å². The lowest BCUT2D eigenvalue weighted by Gasteiger charge is -2.31. The molecule has 2 aromatic carbocycles. The van der Waals surface area contributed by atoms with E-state index in [4.69, 9.17) is 16.3 Å². The number of carbonyl (C=O) groups is 3. The summed E-state index contributed by atoms with van der Waals surface area (Å²) in [6.45, 7) is 0.313. The van der Waals surface area contributed by atoms with Crippen LogP contribution in [0.25, 0.3) is 0 Å². The Balaban J connectivity index is 1.44. The molecule has 10 heteroatoms. The molecule has 3 rings (SSSR count). The number of non-ortho nitro benzene ring substituents is 1. The van der Waals surface area contributed by atoms with E-state index in [0.29, 0.717) is 36.5 Å². The second-order valence-electron chi connectivity index (χ2n) is 7.04. The Labute approximate surface area is 183 Å². The number of amides is 2. The predicted octanol–water partition coefficient (Wildman–Crippen LogP) is 3.28. The fraction of sp³-hybridized carbons (Fsp3) is 0.286. The smallest absolute Gasteiger partial charge is 0.309 e. The first-order valence-corrected chi connectivity index (χ1v) is 9.97. The molecule has 1 N–H and O–H groups in total. The van der Waals surface area contributed by atoms with E-state index >= 15 is 0 Å². The summed E-state index contributed by atoms with van der Waals surface area (Å²) in [5.41, 5.74) is 0.613. The van der Waals surface area contributed by atoms with Gasteiger partial charge in [-0.3, -0.25) is 24.5 Å². The van der Waals surface area contributed by atoms with Crippen molar-refractivity contribution in [2.75, 3.05) is 25.0 Å². The second kappa shape index (κ2) is 10.0. The maximum Gasteiger partial charge on any atom is 0.309 e. The number of rotatable bonds is 6. The Bertz CT molecular complexity index is 987. The van der Waals surface area contributed by atoms with Crippen LogP contribution in [-0.2, 0) is 14.3 Å². The number of hydrogen-bond acceptors (Lipinski definition) is 6. The Kier molecular flexibility index (Phi) is 7.19. The van der Waals surface area contributed by atoms with Crippen molar-refractivity contribution in [1.82, 2.24) is 4.90 Å². The molecule has 0 bridgehead atoms. The van der Waals surface area contributed by atoms with Crippen LogP contribution >= 0.6 is 11.6 Å². The molecular weight excluding hydrogens is 426 g/mol. The van der Waals surface area contributed by atoms with Gasteiger partial charge in [-0.2, -0.15) is 0 Å². The lowest BCUT2D eigenvalue weighted by Crippen LogP contribution is -2.41. The quantitative estimate of drug-likeness (QED) is 0.414. The van der Waals surface area contributed by atoms with Gasteiger partial charge in [-0.05, 0) is 43.2 Å². The molecule has 2 amide bonds. The highest BCUT2D eigenvalue weighted by atomic mass is 35.5. The average molecular weight is 446 g/mol. The number of carbonyl (C=O) groups excluding carboxylic acids is 3. The van der Waals surface area contributed by atoms with Gasteiger partial charge >= 0.3 is 5.97 Å². The van der Waals surface area contributed by atoms with Crippen LogP contribution < -0.4 is 5.32 Å². The summed E-state index contributed by atoms with van der Waals surface area (Å²) in [7, 11) is 0. The van der Waals surface area contributed by atoms with Crippen LogP contribution in [0.2, 0.25) is 5.02 Å². The average Bonchev–Trinajstić information content (AvgIpc) is 2.78. The van der Waals surface area contributed by atoms with Gasteiger partial charge in [-0.1, -0.05) is 17.7 Å². The molecule has 162 valence electrons. The van der Waals surface area contributed by atoms with Crippen LogP contribution in [0.1, 0.15) is 23.2 Å². The third-order valence-corrected chi connectivity index (χ3v) is 5.14. The largest absolute Gasteiger partial charge is 0.455 e. The van der Waals surface area contributed by atoms with Crippen molar-refractivity contribution in [2.24, 2.45) is 5.92 Å². The van der Waals surface area contributed by atoms with Crippen LogP contribution in [0.5, 0.6) is 0 Å². The first kappa shape index (κ1) is 22.2. The summed E-state index contributed by atoms with van der Waals surface area (Å²) < 4.78 is 5.08. The molecule has 0 spiro atoms. The van der Waals surface area contributed by atoms with Crippen molar-refractivity contribution >= 4 is 40.8 Å². The maximum atomic E-state index is 12.5. The van der Waals surface area contributed by atoms with E-state index in [1.807, 2.05) is 0 Å². The van der Waals surface area contributed by atoms with Crippen molar-refractivity contribution in [3.63, 3.8) is 0 Å². The van der Waals surface area contributed by atoms with E-state index in [2.05, 4.69) is 5.32 Å². The van der Waals surface area contributed by atoms with E-state index in [1.165, 1.54) is 24.3 Å². The second-order valence-corrected chi connectivity index (χ2v) is 7.47. The minimum atomic E-state index is -0.593. The number of piperidine rings is 1. The molecule has 0 unspecified atom stereocenters. The van der Waals surface area contributed by atoms with Crippen LogP contribution in [0.3, 0.4) is 0 Å². The third-order valence-electron chi connectivity index (χ3n) is 4.89. The standard InChI is InChI=1S/C21H20ClN3O6/c22-16-6-4-14(5-7-16)20(27)24-10-8-15(9-11-24)21(28)31-13-19(26)23-17-2-1-3-18(12-17)25(29)30/h1-7,12,15H,8-11,13H2,(H,23,26). The number of nitrogens with zero attached hydrogens (tertiary/aromatic N) is 2. The molecule has 31 heavy (non-hydrogen) atoms. The Morgan fingerprint density at radius 3 is 2.45 bits per heavy atom. The molecule has 0 atom stereocenters. The Morgan fingerprint density at radius 1 is 1.13 bits per heavy atom. The molecule has 0 radical (unpaired) electrons. The highest BCUT2D eigenvalue weighted by Gasteiger charge is 2.29. The molecule has 1 aliphatic rings. The van der Waals surface area contributed by atoms with Gasteiger partial charge in [-0.15, -0.1) is 0 Å². The first-order valence-electron chi connectivity index (χ1n) is 9.59. The van der Waals surface area contributed by atoms with Gasteiger partial charge in [0.1, 0.15) is 0 Å². The maximum absolute atomic E-state index is 12.5. The van der Waals surface area contributed by atoms with Crippen LogP contribution in [0.15, 0.2) is 48.5 Å². The number of hydrogen-bond donors (Lipinski definition) is 1. The number of halogens is 1. The zero-order valence-electron chi connectivity index (χ0n) is 16.5. The zero-order valence-corrected chi connectivity index (χ0v) is 17.2. The highest BCUT2D eigenvalue weighted by Crippen LogP contribution is 2.21. The zero-order chi connectivity index (χ0) is 22.4. The molecule has 1 heterocycles. The number of nitro groups is 1. The lowest BCUT2D eigenvalue weighted by atomic mass is 9.96. The Morgan fingerprint density at radius 2 is 1.81 bits per heavy atom. The lowest BCUT2D eigenvalue weighted by molar-refractivity contribution is -0.384. The number of nitrogens with one attached hydrogen (secondary N) is 1. The molecule has 1 fully saturated rings. The summed E-state index contributed by atoms with van der Waals surface area (Å²) >= 11 is 5.84. The number of esters is 1. The summed E-state index contributed by atoms with van der Waals surface area (Å²) in [4.78, 5) is 48.7. The van der Waals surface area contributed by atoms with Gasteiger partial charge in [0.05, 0.1) is 10.8 Å². The summed E-state index contributed by atoms with van der Waals surface area (Å²) in [5, 5.41) is 13.8. The van der Waals surface area contributed by atoms with Crippen LogP contribution in [-0.4, -0.2) is 47.3 Å². The minimum absolute atomic E-state index is 0.125. The molecule has 0 aliphatic carbocycles. The van der Waals surface area contributed by atoms with Crippen molar-refractivity contribution in [3.05, 3.63) is 69.2 Å². The number of ether oxygens (including phenoxy) is 1. The van der Waals surface area contributed by atoms with Crippen LogP contribution in [0.4, 0.5) is 11.4 Å². The fourth-order valence-corrected chi connectivity index (χ4v) is 3.37.